The maximum Gasteiger partial charge on any atom is 0.162 e. The molecule has 41 heavy (non-hydrogen) atoms. The second-order valence-electron chi connectivity index (χ2n) is 9.88. The van der Waals surface area contributed by atoms with Crippen LogP contribution < -0.4 is 19.5 Å². The predicted octanol–water partition coefficient (Wildman–Crippen LogP) is 6.44. The molecule has 2 saturated heterocycles. The van der Waals surface area contributed by atoms with Gasteiger partial charge in [-0.2, -0.15) is 0 Å². The zero-order chi connectivity index (χ0) is 29.5. The summed E-state index contributed by atoms with van der Waals surface area (Å²) in [4.78, 5) is 5.60. The van der Waals surface area contributed by atoms with Gasteiger partial charge in [0.1, 0.15) is 23.9 Å². The monoisotopic (exact) mass is 753 g/mol. The highest BCUT2D eigenvalue weighted by Gasteiger charge is 2.53. The average Bonchev–Trinajstić information content (AvgIpc) is 2.87. The number of rotatable bonds is 10. The number of methoxy groups -OCH3 is 1. The molecular weight excluding hydrogens is 729 g/mol. The number of nitrogens with zero attached hydrogens (tertiary/aromatic N) is 3. The largest absolute Gasteiger partial charge is 0.493 e. The van der Waals surface area contributed by atoms with E-state index in [0.717, 1.165) is 0 Å². The summed E-state index contributed by atoms with van der Waals surface area (Å²) in [5, 5.41) is 12.8. The summed E-state index contributed by atoms with van der Waals surface area (Å²) in [7, 11) is 0.445. The summed E-state index contributed by atoms with van der Waals surface area (Å²) in [6.45, 7) is 2.27. The molecule has 1 spiro atoms. The van der Waals surface area contributed by atoms with E-state index in [1.165, 1.54) is 31.6 Å². The van der Waals surface area contributed by atoms with E-state index in [1.807, 2.05) is 4.31 Å². The molecule has 5 rings (SSSR count). The van der Waals surface area contributed by atoms with Crippen LogP contribution in [0.4, 0.5) is 20.2 Å². The SMILES string of the molecule is COc1cc(NPI)c(C(=N)c2cc(F)c(N3CC4(C3)CN(S(C)=O)C4)c(F)c2)cc1OCc1c(Cl)cncc1Cl. The maximum atomic E-state index is 15.3. The molecule has 2 atom stereocenters. The van der Waals surface area contributed by atoms with Gasteiger partial charge in [0.25, 0.3) is 0 Å². The summed E-state index contributed by atoms with van der Waals surface area (Å²) in [6, 6.07) is 5.62. The second-order valence-corrected chi connectivity index (χ2v) is 14.1. The summed E-state index contributed by atoms with van der Waals surface area (Å²) in [5.74, 6) is -0.801. The summed E-state index contributed by atoms with van der Waals surface area (Å²) in [6.07, 6.45) is 4.80. The van der Waals surface area contributed by atoms with Crippen molar-refractivity contribution in [3.63, 3.8) is 0 Å². The van der Waals surface area contributed by atoms with Crippen LogP contribution in [0.15, 0.2) is 36.7 Å². The van der Waals surface area contributed by atoms with Gasteiger partial charge in [0.2, 0.25) is 0 Å². The van der Waals surface area contributed by atoms with E-state index < -0.39 is 22.6 Å². The van der Waals surface area contributed by atoms with Crippen molar-refractivity contribution in [1.82, 2.24) is 9.29 Å². The Kier molecular flexibility index (Phi) is 9.27. The zero-order valence-corrected chi connectivity index (χ0v) is 27.3. The Balaban J connectivity index is 1.40. The smallest absolute Gasteiger partial charge is 0.162 e. The number of benzene rings is 2. The van der Waals surface area contributed by atoms with Gasteiger partial charge in [0, 0.05) is 79.4 Å². The number of halogens is 5. The Bertz CT molecular complexity index is 1500. The third kappa shape index (κ3) is 6.14. The van der Waals surface area contributed by atoms with Crippen molar-refractivity contribution in [1.29, 1.82) is 5.41 Å². The highest BCUT2D eigenvalue weighted by Crippen LogP contribution is 2.44. The topological polar surface area (TPSA) is 90.8 Å². The fourth-order valence-corrected chi connectivity index (χ4v) is 7.66. The zero-order valence-electron chi connectivity index (χ0n) is 21.9. The van der Waals surface area contributed by atoms with Gasteiger partial charge in [-0.1, -0.05) is 23.2 Å². The van der Waals surface area contributed by atoms with E-state index in [1.54, 1.807) is 23.3 Å². The number of aromatic nitrogens is 1. The van der Waals surface area contributed by atoms with Crippen molar-refractivity contribution in [3.05, 3.63) is 75.0 Å². The lowest BCUT2D eigenvalue weighted by molar-refractivity contribution is 0.0430. The molecular formula is C26H25Cl2F2IN5O3PS. The molecule has 8 nitrogen and oxygen atoms in total. The maximum absolute atomic E-state index is 15.3. The lowest BCUT2D eigenvalue weighted by atomic mass is 9.74. The minimum absolute atomic E-state index is 0.00529. The number of pyridine rings is 1. The normalized spacial score (nSPS) is 16.9. The molecule has 0 bridgehead atoms. The van der Waals surface area contributed by atoms with Crippen molar-refractivity contribution in [2.45, 2.75) is 6.61 Å². The minimum Gasteiger partial charge on any atom is -0.493 e. The first-order chi connectivity index (χ1) is 19.6. The van der Waals surface area contributed by atoms with Crippen molar-refractivity contribution in [2.24, 2.45) is 5.41 Å². The van der Waals surface area contributed by atoms with Crippen LogP contribution in [0.5, 0.6) is 11.5 Å². The summed E-state index contributed by atoms with van der Waals surface area (Å²) >= 11 is 14.6. The van der Waals surface area contributed by atoms with Crippen LogP contribution in [0.3, 0.4) is 0 Å². The Hall–Kier alpha value is -1.83. The first-order valence-corrected chi connectivity index (χ1v) is 18.6. The molecule has 0 amide bonds. The van der Waals surface area contributed by atoms with Gasteiger partial charge in [-0.25, -0.2) is 17.3 Å². The number of ether oxygens (including phenoxy) is 2. The second kappa shape index (κ2) is 12.4. The molecule has 3 aromatic rings. The molecule has 2 fully saturated rings. The van der Waals surface area contributed by atoms with Gasteiger partial charge in [-0.3, -0.25) is 10.4 Å². The van der Waals surface area contributed by atoms with E-state index in [-0.39, 0.29) is 35.4 Å². The molecule has 2 N–H and O–H groups in total. The summed E-state index contributed by atoms with van der Waals surface area (Å²) in [5.41, 5.74) is 1.23. The van der Waals surface area contributed by atoms with E-state index in [9.17, 15) is 4.21 Å². The number of anilines is 2. The molecule has 2 aliphatic rings. The van der Waals surface area contributed by atoms with Crippen LogP contribution in [-0.2, 0) is 17.6 Å². The first-order valence-electron chi connectivity index (χ1n) is 12.2. The van der Waals surface area contributed by atoms with Crippen LogP contribution >= 0.6 is 51.6 Å². The molecule has 1 aromatic heterocycles. The van der Waals surface area contributed by atoms with E-state index >= 15 is 8.78 Å². The molecule has 0 saturated carbocycles. The minimum atomic E-state index is -1.04. The molecule has 0 aliphatic carbocycles. The number of hydrogen-bond donors (Lipinski definition) is 2. The van der Waals surface area contributed by atoms with E-state index in [4.69, 9.17) is 38.1 Å². The Labute approximate surface area is 263 Å². The van der Waals surface area contributed by atoms with Gasteiger partial charge >= 0.3 is 0 Å². The van der Waals surface area contributed by atoms with Crippen LogP contribution in [0.2, 0.25) is 10.0 Å². The third-order valence-electron chi connectivity index (χ3n) is 7.14. The third-order valence-corrected chi connectivity index (χ3v) is 9.95. The van der Waals surface area contributed by atoms with Crippen molar-refractivity contribution >= 4 is 79.7 Å². The van der Waals surface area contributed by atoms with Gasteiger partial charge in [0.15, 0.2) is 11.5 Å². The number of nitrogens with one attached hydrogen (secondary N) is 2. The Morgan fingerprint density at radius 1 is 1.15 bits per heavy atom. The van der Waals surface area contributed by atoms with Crippen molar-refractivity contribution in [3.8, 4) is 11.5 Å². The molecule has 2 unspecified atom stereocenters. The predicted molar refractivity (Wildman–Crippen MR) is 170 cm³/mol. The fourth-order valence-electron chi connectivity index (χ4n) is 5.09. The lowest BCUT2D eigenvalue weighted by Gasteiger charge is -2.60. The van der Waals surface area contributed by atoms with Gasteiger partial charge in [-0.05, 0) is 40.2 Å². The average molecular weight is 754 g/mol. The van der Waals surface area contributed by atoms with Crippen LogP contribution in [0.25, 0.3) is 0 Å². The standard InChI is InChI=1S/C26H25Cl2F2IN5O3PS/c1-38-22-6-21(34-40-31)15(5-23(22)39-9-16-17(27)7-33-8-18(16)28)24(32)14-3-19(29)25(20(30)4-14)35-10-26(11-35)12-36(13-26)41(2)37/h3-8,32,34,40H,9-13H2,1-2H3. The van der Waals surface area contributed by atoms with E-state index in [0.29, 0.717) is 64.5 Å². The molecule has 3 heterocycles. The molecule has 2 aromatic carbocycles. The first kappa shape index (κ1) is 30.6. The molecule has 218 valence electrons. The Morgan fingerprint density at radius 2 is 1.78 bits per heavy atom. The van der Waals surface area contributed by atoms with Crippen molar-refractivity contribution in [2.75, 3.05) is 49.5 Å². The fraction of sp³-hybridized carbons (Fsp3) is 0.308. The van der Waals surface area contributed by atoms with E-state index in [2.05, 4.69) is 32.1 Å². The summed E-state index contributed by atoms with van der Waals surface area (Å²) < 4.78 is 55.7. The highest BCUT2D eigenvalue weighted by atomic mass is 127. The number of hydrogen-bond acceptors (Lipinski definition) is 7. The van der Waals surface area contributed by atoms with Gasteiger partial charge in [0.05, 0.1) is 39.5 Å². The molecule has 0 radical (unpaired) electrons. The van der Waals surface area contributed by atoms with Gasteiger partial charge < -0.3 is 19.5 Å². The lowest BCUT2D eigenvalue weighted by Crippen LogP contribution is -2.72. The molecule has 2 aliphatic heterocycles. The Morgan fingerprint density at radius 3 is 2.34 bits per heavy atom. The highest BCUT2D eigenvalue weighted by molar-refractivity contribution is 14.2. The van der Waals surface area contributed by atoms with Crippen LogP contribution in [-0.4, -0.2) is 58.8 Å². The van der Waals surface area contributed by atoms with Crippen molar-refractivity contribution < 1.29 is 22.5 Å². The van der Waals surface area contributed by atoms with Crippen LogP contribution in [0, 0.1) is 22.5 Å². The quantitative estimate of drug-likeness (QED) is 0.141. The molecule has 15 heteroatoms. The van der Waals surface area contributed by atoms with Crippen LogP contribution in [0.1, 0.15) is 16.7 Å². The van der Waals surface area contributed by atoms with Gasteiger partial charge in [-0.15, -0.1) is 0 Å².